The molecule has 0 aromatic heterocycles. The summed E-state index contributed by atoms with van der Waals surface area (Å²) in [4.78, 5) is 0. The molecule has 0 radical (unpaired) electrons. The minimum atomic E-state index is 0.0641. The fourth-order valence-electron chi connectivity index (χ4n) is 1.41. The Balaban J connectivity index is 2.72. The molecule has 0 unspecified atom stereocenters. The van der Waals surface area contributed by atoms with E-state index in [4.69, 9.17) is 21.0 Å². The molecule has 0 heterocycles. The van der Waals surface area contributed by atoms with Crippen LogP contribution < -0.4 is 10.5 Å². The number of rotatable bonds is 7. The monoisotopic (exact) mass is 254 g/mol. The summed E-state index contributed by atoms with van der Waals surface area (Å²) >= 11 is 1.73. The van der Waals surface area contributed by atoms with Gasteiger partial charge in [0.2, 0.25) is 0 Å². The molecule has 4 nitrogen and oxygen atoms in total. The number of ether oxygens (including phenoxy) is 1. The fraction of sp³-hybridized carbons (Fsp3) is 0.417. The van der Waals surface area contributed by atoms with Crippen molar-refractivity contribution in [1.29, 1.82) is 5.41 Å². The highest BCUT2D eigenvalue weighted by Gasteiger charge is 2.06. The Kier molecular flexibility index (Phi) is 5.86. The first-order chi connectivity index (χ1) is 8.19. The molecule has 0 amide bonds. The van der Waals surface area contributed by atoms with Gasteiger partial charge in [0.05, 0.1) is 7.11 Å². The van der Waals surface area contributed by atoms with Crippen molar-refractivity contribution in [2.75, 3.05) is 19.5 Å². The molecule has 1 rings (SSSR count). The molecule has 0 aliphatic carbocycles. The van der Waals surface area contributed by atoms with Crippen LogP contribution in [0.25, 0.3) is 0 Å². The van der Waals surface area contributed by atoms with Crippen molar-refractivity contribution in [3.63, 3.8) is 0 Å². The van der Waals surface area contributed by atoms with E-state index in [-0.39, 0.29) is 12.4 Å². The second-order valence-corrected chi connectivity index (χ2v) is 4.68. The van der Waals surface area contributed by atoms with Gasteiger partial charge in [-0.2, -0.15) is 11.8 Å². The second-order valence-electron chi connectivity index (χ2n) is 3.57. The van der Waals surface area contributed by atoms with E-state index in [9.17, 15) is 0 Å². The van der Waals surface area contributed by atoms with Gasteiger partial charge < -0.3 is 15.6 Å². The zero-order valence-electron chi connectivity index (χ0n) is 9.90. The van der Waals surface area contributed by atoms with Crippen LogP contribution in [0, 0.1) is 5.41 Å². The van der Waals surface area contributed by atoms with Crippen LogP contribution >= 0.6 is 11.8 Å². The number of nitrogen functional groups attached to an aromatic ring is 1. The normalized spacial score (nSPS) is 10.2. The van der Waals surface area contributed by atoms with Crippen LogP contribution in [-0.4, -0.2) is 30.4 Å². The molecule has 5 heteroatoms. The molecule has 0 bridgehead atoms. The first-order valence-electron chi connectivity index (χ1n) is 5.39. The number of amidine groups is 1. The minimum absolute atomic E-state index is 0.0641. The molecule has 4 N–H and O–H groups in total. The van der Waals surface area contributed by atoms with Gasteiger partial charge in [0.1, 0.15) is 11.6 Å². The zero-order valence-corrected chi connectivity index (χ0v) is 10.7. The Hall–Kier alpha value is -1.20. The highest BCUT2D eigenvalue weighted by atomic mass is 32.2. The largest absolute Gasteiger partial charge is 0.496 e. The first kappa shape index (κ1) is 13.9. The minimum Gasteiger partial charge on any atom is -0.496 e. The lowest BCUT2D eigenvalue weighted by Gasteiger charge is -2.10. The van der Waals surface area contributed by atoms with E-state index in [1.165, 1.54) is 0 Å². The number of hydrogen-bond donors (Lipinski definition) is 3. The maximum atomic E-state index is 8.70. The molecule has 1 aromatic rings. The molecule has 0 aliphatic rings. The summed E-state index contributed by atoms with van der Waals surface area (Å²) in [5.74, 6) is 2.58. The lowest BCUT2D eigenvalue weighted by Crippen LogP contribution is -2.11. The van der Waals surface area contributed by atoms with E-state index in [1.807, 2.05) is 12.1 Å². The summed E-state index contributed by atoms with van der Waals surface area (Å²) in [5, 5.41) is 16.1. The van der Waals surface area contributed by atoms with E-state index in [0.29, 0.717) is 5.56 Å². The summed E-state index contributed by atoms with van der Waals surface area (Å²) in [7, 11) is 1.63. The topological polar surface area (TPSA) is 79.3 Å². The van der Waals surface area contributed by atoms with Crippen LogP contribution in [0.2, 0.25) is 0 Å². The van der Waals surface area contributed by atoms with Crippen LogP contribution in [-0.2, 0) is 5.75 Å². The van der Waals surface area contributed by atoms with Gasteiger partial charge >= 0.3 is 0 Å². The zero-order chi connectivity index (χ0) is 12.7. The molecule has 0 aliphatic heterocycles. The SMILES string of the molecule is COc1ccc(C(=N)N)cc1CSCCCO. The summed E-state index contributed by atoms with van der Waals surface area (Å²) in [5.41, 5.74) is 7.20. The molecular formula is C12H18N2O2S. The second kappa shape index (κ2) is 7.19. The summed E-state index contributed by atoms with van der Waals surface area (Å²) in [6, 6.07) is 5.49. The molecular weight excluding hydrogens is 236 g/mol. The molecule has 0 atom stereocenters. The van der Waals surface area contributed by atoms with Gasteiger partial charge in [-0.25, -0.2) is 0 Å². The lowest BCUT2D eigenvalue weighted by atomic mass is 10.1. The molecule has 0 spiro atoms. The van der Waals surface area contributed by atoms with Crippen LogP contribution in [0.1, 0.15) is 17.5 Å². The Labute approximate surface area is 106 Å². The maximum Gasteiger partial charge on any atom is 0.122 e. The smallest absolute Gasteiger partial charge is 0.122 e. The Morgan fingerprint density at radius 1 is 1.53 bits per heavy atom. The number of nitrogens with two attached hydrogens (primary N) is 1. The Morgan fingerprint density at radius 3 is 2.88 bits per heavy atom. The molecule has 0 saturated carbocycles. The number of thioether (sulfide) groups is 1. The van der Waals surface area contributed by atoms with Crippen LogP contribution in [0.4, 0.5) is 0 Å². The van der Waals surface area contributed by atoms with Gasteiger partial charge in [0.25, 0.3) is 0 Å². The number of aliphatic hydroxyl groups excluding tert-OH is 1. The molecule has 94 valence electrons. The van der Waals surface area contributed by atoms with Crippen molar-refractivity contribution in [2.24, 2.45) is 5.73 Å². The number of hydrogen-bond acceptors (Lipinski definition) is 4. The Morgan fingerprint density at radius 2 is 2.29 bits per heavy atom. The number of benzene rings is 1. The molecule has 1 aromatic carbocycles. The van der Waals surface area contributed by atoms with E-state index in [2.05, 4.69) is 0 Å². The summed E-state index contributed by atoms with van der Waals surface area (Å²) in [6.45, 7) is 0.220. The standard InChI is InChI=1S/C12H18N2O2S/c1-16-11-4-3-9(12(13)14)7-10(11)8-17-6-2-5-15/h3-4,7,15H,2,5-6,8H2,1H3,(H3,13,14). The highest BCUT2D eigenvalue weighted by molar-refractivity contribution is 7.98. The first-order valence-corrected chi connectivity index (χ1v) is 6.54. The van der Waals surface area contributed by atoms with Gasteiger partial charge in [0.15, 0.2) is 0 Å². The van der Waals surface area contributed by atoms with Crippen molar-refractivity contribution < 1.29 is 9.84 Å². The average Bonchev–Trinajstić information content (AvgIpc) is 2.34. The van der Waals surface area contributed by atoms with Gasteiger partial charge in [-0.15, -0.1) is 0 Å². The predicted molar refractivity (Wildman–Crippen MR) is 71.9 cm³/mol. The van der Waals surface area contributed by atoms with E-state index < -0.39 is 0 Å². The molecule has 0 fully saturated rings. The van der Waals surface area contributed by atoms with E-state index >= 15 is 0 Å². The fourth-order valence-corrected chi connectivity index (χ4v) is 2.33. The van der Waals surface area contributed by atoms with Gasteiger partial charge in [-0.3, -0.25) is 5.41 Å². The van der Waals surface area contributed by atoms with Gasteiger partial charge in [0, 0.05) is 23.5 Å². The van der Waals surface area contributed by atoms with Crippen molar-refractivity contribution in [3.8, 4) is 5.75 Å². The quantitative estimate of drug-likeness (QED) is 0.392. The molecule has 0 saturated heterocycles. The third kappa shape index (κ3) is 4.28. The van der Waals surface area contributed by atoms with Crippen molar-refractivity contribution in [2.45, 2.75) is 12.2 Å². The maximum absolute atomic E-state index is 8.70. The van der Waals surface area contributed by atoms with Crippen molar-refractivity contribution in [1.82, 2.24) is 0 Å². The van der Waals surface area contributed by atoms with Gasteiger partial charge in [-0.05, 0) is 30.4 Å². The summed E-state index contributed by atoms with van der Waals surface area (Å²) < 4.78 is 5.26. The number of aliphatic hydroxyl groups is 1. The summed E-state index contributed by atoms with van der Waals surface area (Å²) in [6.07, 6.45) is 0.791. The van der Waals surface area contributed by atoms with E-state index in [1.54, 1.807) is 24.9 Å². The van der Waals surface area contributed by atoms with Gasteiger partial charge in [-0.1, -0.05) is 0 Å². The predicted octanol–water partition coefficient (Wildman–Crippen LogP) is 1.59. The highest BCUT2D eigenvalue weighted by Crippen LogP contribution is 2.24. The van der Waals surface area contributed by atoms with Crippen molar-refractivity contribution in [3.05, 3.63) is 29.3 Å². The lowest BCUT2D eigenvalue weighted by molar-refractivity contribution is 0.296. The number of nitrogens with one attached hydrogen (secondary N) is 1. The van der Waals surface area contributed by atoms with Crippen molar-refractivity contribution >= 4 is 17.6 Å². The van der Waals surface area contributed by atoms with Crippen LogP contribution in [0.3, 0.4) is 0 Å². The van der Waals surface area contributed by atoms with Crippen LogP contribution in [0.5, 0.6) is 5.75 Å². The van der Waals surface area contributed by atoms with Crippen LogP contribution in [0.15, 0.2) is 18.2 Å². The van der Waals surface area contributed by atoms with E-state index in [0.717, 1.165) is 29.2 Å². The Bertz CT molecular complexity index is 383. The molecule has 17 heavy (non-hydrogen) atoms. The average molecular weight is 254 g/mol. The number of methoxy groups -OCH3 is 1. The third-order valence-electron chi connectivity index (χ3n) is 2.30. The third-order valence-corrected chi connectivity index (χ3v) is 3.39.